The Morgan fingerprint density at radius 1 is 1.07 bits per heavy atom. The van der Waals surface area contributed by atoms with Crippen LogP contribution in [0.4, 0.5) is 17.6 Å². The highest BCUT2D eigenvalue weighted by molar-refractivity contribution is 5.57. The molecule has 0 aliphatic carbocycles. The molecule has 0 saturated heterocycles. The van der Waals surface area contributed by atoms with Crippen LogP contribution in [0.2, 0.25) is 0 Å². The molecule has 1 aromatic heterocycles. The van der Waals surface area contributed by atoms with Gasteiger partial charge in [0.25, 0.3) is 0 Å². The summed E-state index contributed by atoms with van der Waals surface area (Å²) < 4.78 is 5.92. The molecule has 0 amide bonds. The predicted octanol–water partition coefficient (Wildman–Crippen LogP) is 4.51. The van der Waals surface area contributed by atoms with Crippen LogP contribution in [0.25, 0.3) is 6.08 Å². The number of nitriles is 1. The van der Waals surface area contributed by atoms with Gasteiger partial charge in [0.1, 0.15) is 5.75 Å². The third-order valence-electron chi connectivity index (χ3n) is 3.94. The molecule has 2 aromatic carbocycles. The minimum atomic E-state index is 0.0435. The van der Waals surface area contributed by atoms with Crippen molar-refractivity contribution >= 4 is 23.7 Å². The quantitative estimate of drug-likeness (QED) is 0.678. The number of hydrogen-bond acceptors (Lipinski definition) is 7. The standard InChI is InChI=1S/C21H20N6O/c1-4-5-16-10-13(2)18(14(3)11-16)28-21-26-19(23)25-20(27-21)24-17-8-6-15(12-22)7-9-17/h4-11H,1-3H3,(H3,23,24,25,26,27)/b5-4+. The van der Waals surface area contributed by atoms with Gasteiger partial charge in [-0.05, 0) is 73.9 Å². The maximum Gasteiger partial charge on any atom is 0.328 e. The number of rotatable bonds is 5. The summed E-state index contributed by atoms with van der Waals surface area (Å²) in [7, 11) is 0. The van der Waals surface area contributed by atoms with Crippen molar-refractivity contribution in [2.75, 3.05) is 11.1 Å². The van der Waals surface area contributed by atoms with E-state index in [4.69, 9.17) is 15.7 Å². The van der Waals surface area contributed by atoms with E-state index in [9.17, 15) is 0 Å². The van der Waals surface area contributed by atoms with Gasteiger partial charge >= 0.3 is 6.01 Å². The molecule has 7 heteroatoms. The molecule has 0 spiro atoms. The number of nitrogens with zero attached hydrogens (tertiary/aromatic N) is 4. The van der Waals surface area contributed by atoms with Crippen LogP contribution in [0, 0.1) is 25.2 Å². The second-order valence-electron chi connectivity index (χ2n) is 6.20. The van der Waals surface area contributed by atoms with Crippen LogP contribution in [-0.2, 0) is 0 Å². The summed E-state index contributed by atoms with van der Waals surface area (Å²) >= 11 is 0. The average Bonchev–Trinajstić information content (AvgIpc) is 2.65. The maximum atomic E-state index is 8.88. The molecule has 3 rings (SSSR count). The minimum absolute atomic E-state index is 0.0435. The lowest BCUT2D eigenvalue weighted by molar-refractivity contribution is 0.435. The number of nitrogens with one attached hydrogen (secondary N) is 1. The molecule has 0 atom stereocenters. The van der Waals surface area contributed by atoms with Crippen molar-refractivity contribution in [1.82, 2.24) is 15.0 Å². The molecule has 0 unspecified atom stereocenters. The Labute approximate surface area is 163 Å². The van der Waals surface area contributed by atoms with E-state index in [1.807, 2.05) is 45.1 Å². The fourth-order valence-electron chi connectivity index (χ4n) is 2.76. The Balaban J connectivity index is 1.86. The largest absolute Gasteiger partial charge is 0.424 e. The zero-order valence-electron chi connectivity index (χ0n) is 15.9. The number of hydrogen-bond donors (Lipinski definition) is 2. The maximum absolute atomic E-state index is 8.88. The first-order valence-electron chi connectivity index (χ1n) is 8.69. The van der Waals surface area contributed by atoms with Gasteiger partial charge in [0.05, 0.1) is 11.6 Å². The Hall–Kier alpha value is -3.92. The number of ether oxygens (including phenoxy) is 1. The van der Waals surface area contributed by atoms with Gasteiger partial charge in [-0.1, -0.05) is 12.2 Å². The number of nitrogens with two attached hydrogens (primary N) is 1. The van der Waals surface area contributed by atoms with Gasteiger partial charge in [-0.2, -0.15) is 20.2 Å². The van der Waals surface area contributed by atoms with E-state index in [2.05, 4.69) is 26.3 Å². The summed E-state index contributed by atoms with van der Waals surface area (Å²) in [5.41, 5.74) is 10.1. The van der Waals surface area contributed by atoms with Crippen LogP contribution in [0.1, 0.15) is 29.2 Å². The third kappa shape index (κ3) is 4.43. The van der Waals surface area contributed by atoms with E-state index in [1.54, 1.807) is 24.3 Å². The van der Waals surface area contributed by atoms with Crippen LogP contribution >= 0.6 is 0 Å². The molecule has 140 valence electrons. The number of aryl methyl sites for hydroxylation is 2. The van der Waals surface area contributed by atoms with Crippen molar-refractivity contribution in [3.8, 4) is 17.8 Å². The highest BCUT2D eigenvalue weighted by Gasteiger charge is 2.12. The van der Waals surface area contributed by atoms with Crippen molar-refractivity contribution in [3.63, 3.8) is 0 Å². The summed E-state index contributed by atoms with van der Waals surface area (Å²) in [6.45, 7) is 5.91. The van der Waals surface area contributed by atoms with Crippen molar-refractivity contribution in [2.24, 2.45) is 0 Å². The SMILES string of the molecule is C/C=C/c1cc(C)c(Oc2nc(N)nc(Nc3ccc(C#N)cc3)n2)c(C)c1. The summed E-state index contributed by atoms with van der Waals surface area (Å²) in [5.74, 6) is 0.984. The summed E-state index contributed by atoms with van der Waals surface area (Å²) in [6.07, 6.45) is 4.02. The Morgan fingerprint density at radius 3 is 2.36 bits per heavy atom. The fourth-order valence-corrected chi connectivity index (χ4v) is 2.76. The first-order valence-corrected chi connectivity index (χ1v) is 8.69. The Kier molecular flexibility index (Phi) is 5.51. The Morgan fingerprint density at radius 2 is 1.75 bits per heavy atom. The van der Waals surface area contributed by atoms with E-state index in [1.165, 1.54) is 0 Å². The van der Waals surface area contributed by atoms with Crippen molar-refractivity contribution < 1.29 is 4.74 Å². The van der Waals surface area contributed by atoms with Gasteiger partial charge in [0, 0.05) is 5.69 Å². The van der Waals surface area contributed by atoms with Gasteiger partial charge in [-0.25, -0.2) is 0 Å². The first-order chi connectivity index (χ1) is 13.5. The van der Waals surface area contributed by atoms with Crippen LogP contribution < -0.4 is 15.8 Å². The van der Waals surface area contributed by atoms with Gasteiger partial charge in [-0.3, -0.25) is 0 Å². The minimum Gasteiger partial charge on any atom is -0.424 e. The van der Waals surface area contributed by atoms with Crippen LogP contribution in [0.3, 0.4) is 0 Å². The lowest BCUT2D eigenvalue weighted by atomic mass is 10.1. The molecule has 7 nitrogen and oxygen atoms in total. The average molecular weight is 372 g/mol. The summed E-state index contributed by atoms with van der Waals surface area (Å²) in [5, 5.41) is 11.9. The fraction of sp³-hybridized carbons (Fsp3) is 0.143. The van der Waals surface area contributed by atoms with E-state index in [0.717, 1.165) is 22.4 Å². The zero-order chi connectivity index (χ0) is 20.1. The second-order valence-corrected chi connectivity index (χ2v) is 6.20. The van der Waals surface area contributed by atoms with Gasteiger partial charge in [-0.15, -0.1) is 0 Å². The molecule has 28 heavy (non-hydrogen) atoms. The smallest absolute Gasteiger partial charge is 0.328 e. The van der Waals surface area contributed by atoms with Crippen LogP contribution in [0.5, 0.6) is 11.8 Å². The van der Waals surface area contributed by atoms with Gasteiger partial charge < -0.3 is 15.8 Å². The molecule has 1 heterocycles. The van der Waals surface area contributed by atoms with Gasteiger partial charge in [0.15, 0.2) is 0 Å². The number of allylic oxidation sites excluding steroid dienone is 1. The van der Waals surface area contributed by atoms with Gasteiger partial charge in [0.2, 0.25) is 11.9 Å². The topological polar surface area (TPSA) is 110 Å². The molecule has 3 aromatic rings. The van der Waals surface area contributed by atoms with E-state index in [0.29, 0.717) is 11.3 Å². The first kappa shape index (κ1) is 18.9. The number of nitrogen functional groups attached to an aromatic ring is 1. The van der Waals surface area contributed by atoms with E-state index >= 15 is 0 Å². The highest BCUT2D eigenvalue weighted by Crippen LogP contribution is 2.29. The molecule has 0 fully saturated rings. The molecule has 0 saturated carbocycles. The molecular formula is C21H20N6O. The normalized spacial score (nSPS) is 10.6. The number of anilines is 3. The summed E-state index contributed by atoms with van der Waals surface area (Å²) in [4.78, 5) is 12.5. The van der Waals surface area contributed by atoms with Crippen LogP contribution in [-0.4, -0.2) is 15.0 Å². The van der Waals surface area contributed by atoms with Crippen molar-refractivity contribution in [1.29, 1.82) is 5.26 Å². The Bertz CT molecular complexity index is 1040. The molecule has 0 bridgehead atoms. The molecule has 0 aliphatic heterocycles. The van der Waals surface area contributed by atoms with Crippen molar-refractivity contribution in [2.45, 2.75) is 20.8 Å². The molecular weight excluding hydrogens is 352 g/mol. The second kappa shape index (κ2) is 8.18. The molecule has 0 radical (unpaired) electrons. The van der Waals surface area contributed by atoms with Crippen molar-refractivity contribution in [3.05, 3.63) is 64.7 Å². The summed E-state index contributed by atoms with van der Waals surface area (Å²) in [6, 6.07) is 13.1. The molecule has 0 aliphatic rings. The monoisotopic (exact) mass is 372 g/mol. The zero-order valence-corrected chi connectivity index (χ0v) is 15.9. The van der Waals surface area contributed by atoms with E-state index < -0.39 is 0 Å². The van der Waals surface area contributed by atoms with E-state index in [-0.39, 0.29) is 17.9 Å². The third-order valence-corrected chi connectivity index (χ3v) is 3.94. The predicted molar refractivity (Wildman–Crippen MR) is 109 cm³/mol. The van der Waals surface area contributed by atoms with Crippen LogP contribution in [0.15, 0.2) is 42.5 Å². The highest BCUT2D eigenvalue weighted by atomic mass is 16.5. The number of benzene rings is 2. The lowest BCUT2D eigenvalue weighted by Crippen LogP contribution is -2.06. The lowest BCUT2D eigenvalue weighted by Gasteiger charge is -2.12. The number of aromatic nitrogens is 3. The molecule has 3 N–H and O–H groups in total.